The molecule has 1 heterocycles. The van der Waals surface area contributed by atoms with Crippen LogP contribution in [0.4, 0.5) is 5.69 Å². The second kappa shape index (κ2) is 14.6. The molecule has 0 spiro atoms. The summed E-state index contributed by atoms with van der Waals surface area (Å²) in [5.41, 5.74) is 11.1. The summed E-state index contributed by atoms with van der Waals surface area (Å²) in [5.74, 6) is -1.28. The Hall–Kier alpha value is -3.59. The van der Waals surface area contributed by atoms with Crippen LogP contribution < -0.4 is 5.73 Å². The monoisotopic (exact) mass is 508 g/mol. The summed E-state index contributed by atoms with van der Waals surface area (Å²) >= 11 is 4.69. The van der Waals surface area contributed by atoms with E-state index in [9.17, 15) is 19.5 Å². The number of aromatic hydroxyl groups is 1. The van der Waals surface area contributed by atoms with Crippen LogP contribution in [0.25, 0.3) is 11.1 Å². The second-order valence-electron chi connectivity index (χ2n) is 7.07. The number of benzene rings is 2. The molecule has 192 valence electrons. The van der Waals surface area contributed by atoms with Gasteiger partial charge in [0.2, 0.25) is 0 Å². The minimum absolute atomic E-state index is 0. The van der Waals surface area contributed by atoms with Gasteiger partial charge in [-0.05, 0) is 75.4 Å². The van der Waals surface area contributed by atoms with Crippen molar-refractivity contribution in [1.82, 2.24) is 4.98 Å². The van der Waals surface area contributed by atoms with Gasteiger partial charge in [-0.15, -0.1) is 0 Å². The topological polar surface area (TPSA) is 142 Å². The number of nitrogens with two attached hydrogens (primary N) is 1. The van der Waals surface area contributed by atoms with E-state index in [-0.39, 0.29) is 25.7 Å². The second-order valence-corrected chi connectivity index (χ2v) is 7.42. The van der Waals surface area contributed by atoms with Gasteiger partial charge in [0, 0.05) is 0 Å². The smallest absolute Gasteiger partial charge is 0.394 e. The average molecular weight is 509 g/mol. The van der Waals surface area contributed by atoms with E-state index >= 15 is 0 Å². The van der Waals surface area contributed by atoms with Gasteiger partial charge < -0.3 is 24.7 Å². The highest BCUT2D eigenvalue weighted by Gasteiger charge is 2.17. The first-order valence-electron chi connectivity index (χ1n) is 10.4. The maximum Gasteiger partial charge on any atom is 0.394 e. The first kappa shape index (κ1) is 31.4. The van der Waals surface area contributed by atoms with Crippen LogP contribution in [0.1, 0.15) is 54.2 Å². The number of oxazole rings is 1. The number of nitrogen functional groups attached to an aromatic ring is 1. The molecule has 0 saturated carbocycles. The molecule has 0 aliphatic rings. The molecule has 10 heteroatoms. The Morgan fingerprint density at radius 3 is 1.91 bits per heavy atom. The van der Waals surface area contributed by atoms with Crippen LogP contribution in [0.2, 0.25) is 0 Å². The predicted octanol–water partition coefficient (Wildman–Crippen LogP) is 5.16. The Morgan fingerprint density at radius 1 is 0.943 bits per heavy atom. The van der Waals surface area contributed by atoms with Crippen LogP contribution in [0.3, 0.4) is 0 Å². The van der Waals surface area contributed by atoms with Crippen molar-refractivity contribution in [2.45, 2.75) is 49.0 Å². The molecule has 35 heavy (non-hydrogen) atoms. The molecule has 9 nitrogen and oxygen atoms in total. The van der Waals surface area contributed by atoms with Crippen LogP contribution in [0.15, 0.2) is 28.7 Å². The van der Waals surface area contributed by atoms with Crippen LogP contribution in [0.5, 0.6) is 5.75 Å². The summed E-state index contributed by atoms with van der Waals surface area (Å²) in [6, 6.07) is 7.64. The number of carbonyl (C=O) groups excluding carboxylic acids is 3. The van der Waals surface area contributed by atoms with E-state index < -0.39 is 17.2 Å². The van der Waals surface area contributed by atoms with E-state index in [4.69, 9.17) is 26.5 Å². The maximum atomic E-state index is 11.5. The molecule has 3 aromatic rings. The van der Waals surface area contributed by atoms with Gasteiger partial charge in [-0.3, -0.25) is 4.79 Å². The lowest BCUT2D eigenvalue weighted by Crippen LogP contribution is -2.10. The highest BCUT2D eigenvalue weighted by atomic mass is 35.5. The molecule has 3 rings (SSSR count). The molecular weight excluding hydrogens is 476 g/mol. The Bertz CT molecular complexity index is 1110. The van der Waals surface area contributed by atoms with Gasteiger partial charge in [0.25, 0.3) is 0 Å². The van der Waals surface area contributed by atoms with Crippen molar-refractivity contribution in [1.29, 1.82) is 0 Å². The zero-order chi connectivity index (χ0) is 26.0. The van der Waals surface area contributed by atoms with Crippen LogP contribution >= 0.6 is 11.6 Å². The number of anilines is 1. The van der Waals surface area contributed by atoms with Crippen molar-refractivity contribution in [2.75, 3.05) is 18.9 Å². The van der Waals surface area contributed by atoms with E-state index in [0.29, 0.717) is 17.9 Å². The Balaban J connectivity index is 0.000000528. The summed E-state index contributed by atoms with van der Waals surface area (Å²) in [5, 5.41) is 8.19. The molecule has 0 amide bonds. The summed E-state index contributed by atoms with van der Waals surface area (Å²) in [7, 11) is 0. The number of halogens is 1. The first-order chi connectivity index (χ1) is 15.9. The number of rotatable bonds is 4. The van der Waals surface area contributed by atoms with E-state index in [1.807, 2.05) is 52.0 Å². The maximum absolute atomic E-state index is 11.5. The number of aromatic nitrogens is 1. The molecular formula is C25H33ClN2O7. The van der Waals surface area contributed by atoms with Gasteiger partial charge in [0.1, 0.15) is 11.3 Å². The van der Waals surface area contributed by atoms with Gasteiger partial charge in [0.05, 0.1) is 18.9 Å². The quantitative estimate of drug-likeness (QED) is 0.160. The van der Waals surface area contributed by atoms with Gasteiger partial charge in [-0.1, -0.05) is 31.7 Å². The minimum atomic E-state index is -1.08. The molecule has 0 aliphatic carbocycles. The number of fused-ring (bicyclic) bond motifs is 1. The molecule has 0 radical (unpaired) electrons. The molecule has 0 unspecified atom stereocenters. The fraction of sp³-hybridized carbons (Fsp3) is 0.360. The number of phenols is 1. The van der Waals surface area contributed by atoms with Crippen LogP contribution in [0, 0.1) is 27.7 Å². The molecule has 0 bridgehead atoms. The number of phenolic OH excluding ortho intramolecular Hbond substituents is 1. The van der Waals surface area contributed by atoms with Gasteiger partial charge in [0.15, 0.2) is 5.58 Å². The first-order valence-corrected chi connectivity index (χ1v) is 10.8. The van der Waals surface area contributed by atoms with E-state index in [1.165, 1.54) is 0 Å². The molecule has 1 aromatic heterocycles. The third kappa shape index (κ3) is 8.94. The zero-order valence-electron chi connectivity index (χ0n) is 20.0. The molecule has 3 N–H and O–H groups in total. The average Bonchev–Trinajstić information content (AvgIpc) is 3.26. The normalized spacial score (nSPS) is 9.57. The van der Waals surface area contributed by atoms with Crippen LogP contribution in [-0.2, 0) is 19.1 Å². The lowest BCUT2D eigenvalue weighted by atomic mass is 10.1. The SMILES string of the molecule is C.CCOC(=O)C(=O)Cl.CCOC(=O)c1nc2c(C)ccc(C)c2o1.Cc1ccc(C)c(O)c1N. The number of aryl methyl sites for hydroxylation is 4. The van der Waals surface area contributed by atoms with E-state index in [2.05, 4.69) is 9.72 Å². The molecule has 2 aromatic carbocycles. The Labute approximate surface area is 210 Å². The summed E-state index contributed by atoms with van der Waals surface area (Å²) in [4.78, 5) is 35.5. The molecule has 0 saturated heterocycles. The van der Waals surface area contributed by atoms with Crippen molar-refractivity contribution in [3.8, 4) is 5.75 Å². The molecule has 0 atom stereocenters. The highest BCUT2D eigenvalue weighted by Crippen LogP contribution is 2.26. The van der Waals surface area contributed by atoms with Gasteiger partial charge in [-0.25, -0.2) is 14.6 Å². The van der Waals surface area contributed by atoms with Crippen LogP contribution in [-0.4, -0.2) is 40.5 Å². The van der Waals surface area contributed by atoms with Crippen molar-refractivity contribution in [3.05, 3.63) is 52.4 Å². The van der Waals surface area contributed by atoms with E-state index in [1.54, 1.807) is 13.8 Å². The Kier molecular flexibility index (Phi) is 13.1. The van der Waals surface area contributed by atoms with Crippen molar-refractivity contribution in [3.63, 3.8) is 0 Å². The predicted molar refractivity (Wildman–Crippen MR) is 136 cm³/mol. The third-order valence-corrected chi connectivity index (χ3v) is 4.62. The fourth-order valence-corrected chi connectivity index (χ4v) is 2.60. The minimum Gasteiger partial charge on any atom is -0.506 e. The number of hydrogen-bond acceptors (Lipinski definition) is 9. The molecule has 0 aliphatic heterocycles. The largest absolute Gasteiger partial charge is 0.506 e. The van der Waals surface area contributed by atoms with Crippen molar-refractivity contribution >= 4 is 45.6 Å². The number of esters is 2. The van der Waals surface area contributed by atoms with Gasteiger partial charge >= 0.3 is 23.1 Å². The lowest BCUT2D eigenvalue weighted by molar-refractivity contribution is -0.149. The van der Waals surface area contributed by atoms with Gasteiger partial charge in [-0.2, -0.15) is 0 Å². The third-order valence-electron chi connectivity index (χ3n) is 4.46. The van der Waals surface area contributed by atoms with Crippen molar-refractivity contribution in [2.24, 2.45) is 0 Å². The summed E-state index contributed by atoms with van der Waals surface area (Å²) in [6.45, 7) is 11.4. The highest BCUT2D eigenvalue weighted by molar-refractivity contribution is 6.80. The van der Waals surface area contributed by atoms with Crippen molar-refractivity contribution < 1.29 is 33.4 Å². The summed E-state index contributed by atoms with van der Waals surface area (Å²) < 4.78 is 14.4. The standard InChI is InChI=1S/C12H13NO3.C8H11NO.C4H5ClO3.CH4/c1-4-15-12(14)11-13-9-7(2)5-6-8(3)10(9)16-11;1-5-3-4-6(2)8(10)7(5)9;1-2-8-4(7)3(5)6;/h5-6H,4H2,1-3H3;3-4,10H,9H2,1-2H3;2H2,1H3;1H4. The number of nitrogens with zero attached hydrogens (tertiary/aromatic N) is 1. The van der Waals surface area contributed by atoms with E-state index in [0.717, 1.165) is 27.8 Å². The number of hydrogen-bond donors (Lipinski definition) is 2. The summed E-state index contributed by atoms with van der Waals surface area (Å²) in [6.07, 6.45) is 0. The lowest BCUT2D eigenvalue weighted by Gasteiger charge is -2.04. The number of ether oxygens (including phenoxy) is 2. The molecule has 0 fully saturated rings. The Morgan fingerprint density at radius 2 is 1.46 bits per heavy atom. The zero-order valence-corrected chi connectivity index (χ0v) is 20.8. The number of carbonyl (C=O) groups is 3. The fourth-order valence-electron chi connectivity index (χ4n) is 2.55.